The Morgan fingerprint density at radius 3 is 2.38 bits per heavy atom. The molecule has 1 aliphatic carbocycles. The molecule has 3 aliphatic rings. The zero-order chi connectivity index (χ0) is 33.2. The van der Waals surface area contributed by atoms with E-state index in [1.54, 1.807) is 24.4 Å². The summed E-state index contributed by atoms with van der Waals surface area (Å²) >= 11 is 6.27. The van der Waals surface area contributed by atoms with Gasteiger partial charge in [0, 0.05) is 31.7 Å². The van der Waals surface area contributed by atoms with Crippen LogP contribution in [-0.2, 0) is 16.0 Å². The first kappa shape index (κ1) is 33.0. The standard InChI is InChI=1S/C36H45ClN6O4/c1-6-23(2)47-31-17-29-26(15-30(31)46-5)16-34(44)43(36(29)25-9-11-27(37)12-10-25)33-19-38-32(18-39-33)40(3)20-24-7-13-28(14-8-24)42-21-35(45)41(4)22-42/h9-12,15,17-19,23-24,28,36H,6-8,13-14,16,20-22H2,1-5H3/t23-,24-,28-,36+/m1/s1. The quantitative estimate of drug-likeness (QED) is 0.273. The van der Waals surface area contributed by atoms with Gasteiger partial charge in [0.2, 0.25) is 11.8 Å². The molecule has 1 aromatic heterocycles. The Morgan fingerprint density at radius 2 is 1.77 bits per heavy atom. The summed E-state index contributed by atoms with van der Waals surface area (Å²) in [6.45, 7) is 6.26. The van der Waals surface area contributed by atoms with Gasteiger partial charge in [-0.15, -0.1) is 0 Å². The number of hydrogen-bond acceptors (Lipinski definition) is 8. The van der Waals surface area contributed by atoms with Gasteiger partial charge < -0.3 is 19.3 Å². The third kappa shape index (κ3) is 7.04. The summed E-state index contributed by atoms with van der Waals surface area (Å²) in [6.07, 6.45) is 8.96. The van der Waals surface area contributed by atoms with Gasteiger partial charge in [0.05, 0.1) is 51.3 Å². The molecule has 11 heteroatoms. The largest absolute Gasteiger partial charge is 0.493 e. The molecule has 0 unspecified atom stereocenters. The van der Waals surface area contributed by atoms with Gasteiger partial charge in [0.25, 0.3) is 0 Å². The number of anilines is 2. The van der Waals surface area contributed by atoms with Gasteiger partial charge in [0.15, 0.2) is 17.3 Å². The molecule has 3 aromatic rings. The second kappa shape index (κ2) is 14.1. The summed E-state index contributed by atoms with van der Waals surface area (Å²) in [5.41, 5.74) is 2.75. The number of fused-ring (bicyclic) bond motifs is 1. The van der Waals surface area contributed by atoms with Crippen molar-refractivity contribution in [3.8, 4) is 11.5 Å². The molecule has 2 fully saturated rings. The van der Waals surface area contributed by atoms with Crippen molar-refractivity contribution < 1.29 is 19.1 Å². The maximum atomic E-state index is 13.9. The number of hydrogen-bond donors (Lipinski definition) is 0. The summed E-state index contributed by atoms with van der Waals surface area (Å²) < 4.78 is 11.9. The Balaban J connectivity index is 1.21. The summed E-state index contributed by atoms with van der Waals surface area (Å²) in [5, 5.41) is 0.623. The highest BCUT2D eigenvalue weighted by Crippen LogP contribution is 2.43. The van der Waals surface area contributed by atoms with Crippen molar-refractivity contribution in [2.24, 2.45) is 5.92 Å². The molecule has 2 aliphatic heterocycles. The predicted octanol–water partition coefficient (Wildman–Crippen LogP) is 5.72. The number of halogens is 1. The fourth-order valence-electron chi connectivity index (χ4n) is 7.09. The number of nitrogens with zero attached hydrogens (tertiary/aromatic N) is 6. The lowest BCUT2D eigenvalue weighted by Crippen LogP contribution is -2.41. The second-order valence-corrected chi connectivity index (χ2v) is 13.6. The van der Waals surface area contributed by atoms with Crippen LogP contribution in [0.2, 0.25) is 5.02 Å². The molecule has 1 saturated heterocycles. The fourth-order valence-corrected chi connectivity index (χ4v) is 7.22. The van der Waals surface area contributed by atoms with Crippen molar-refractivity contribution in [2.75, 3.05) is 50.8 Å². The van der Waals surface area contributed by atoms with Crippen LogP contribution in [0.25, 0.3) is 0 Å². The topological polar surface area (TPSA) is 91.3 Å². The summed E-state index contributed by atoms with van der Waals surface area (Å²) in [4.78, 5) is 43.5. The minimum atomic E-state index is -0.451. The van der Waals surface area contributed by atoms with Crippen LogP contribution < -0.4 is 19.3 Å². The molecule has 10 nitrogen and oxygen atoms in total. The number of amides is 2. The minimum Gasteiger partial charge on any atom is -0.493 e. The fraction of sp³-hybridized carbons (Fsp3) is 0.500. The molecular weight excluding hydrogens is 616 g/mol. The third-order valence-corrected chi connectivity index (χ3v) is 10.2. The number of likely N-dealkylation sites (N-methyl/N-ethyl adjacent to an activating group) is 1. The molecule has 1 saturated carbocycles. The van der Waals surface area contributed by atoms with Crippen LogP contribution in [0.5, 0.6) is 11.5 Å². The number of carbonyl (C=O) groups is 2. The van der Waals surface area contributed by atoms with Crippen LogP contribution in [0.1, 0.15) is 68.7 Å². The Kier molecular flexibility index (Phi) is 9.89. The first-order valence-corrected chi connectivity index (χ1v) is 17.0. The lowest BCUT2D eigenvalue weighted by Gasteiger charge is -2.37. The van der Waals surface area contributed by atoms with Gasteiger partial charge in [-0.3, -0.25) is 19.4 Å². The number of carbonyl (C=O) groups excluding carboxylic acids is 2. The van der Waals surface area contributed by atoms with Gasteiger partial charge in [-0.1, -0.05) is 30.7 Å². The second-order valence-electron chi connectivity index (χ2n) is 13.2. The van der Waals surface area contributed by atoms with Crippen LogP contribution in [0.15, 0.2) is 48.8 Å². The maximum Gasteiger partial charge on any atom is 0.237 e. The normalized spacial score (nSPS) is 22.3. The molecule has 0 radical (unpaired) electrons. The minimum absolute atomic E-state index is 0.000427. The van der Waals surface area contributed by atoms with Gasteiger partial charge in [-0.05, 0) is 85.9 Å². The molecule has 6 rings (SSSR count). The SMILES string of the molecule is CC[C@@H](C)Oc1cc2c(cc1OC)CC(=O)N(c1cnc(N(C)C[C@H]3CC[C@H](N4CC(=O)N(C)C4)CC3)cn1)[C@H]2c1ccc(Cl)cc1. The first-order valence-electron chi connectivity index (χ1n) is 16.6. The van der Waals surface area contributed by atoms with E-state index in [-0.39, 0.29) is 24.3 Å². The third-order valence-electron chi connectivity index (χ3n) is 9.96. The lowest BCUT2D eigenvalue weighted by molar-refractivity contribution is -0.125. The van der Waals surface area contributed by atoms with E-state index in [0.717, 1.165) is 67.8 Å². The van der Waals surface area contributed by atoms with E-state index in [1.807, 2.05) is 55.3 Å². The van der Waals surface area contributed by atoms with Gasteiger partial charge in [0.1, 0.15) is 5.82 Å². The van der Waals surface area contributed by atoms with Crippen LogP contribution >= 0.6 is 11.6 Å². The first-order chi connectivity index (χ1) is 22.6. The molecule has 47 heavy (non-hydrogen) atoms. The number of rotatable bonds is 10. The number of ether oxygens (including phenoxy) is 2. The van der Waals surface area contributed by atoms with Crippen LogP contribution in [0.3, 0.4) is 0 Å². The predicted molar refractivity (Wildman–Crippen MR) is 183 cm³/mol. The van der Waals surface area contributed by atoms with Gasteiger partial charge in [-0.25, -0.2) is 9.97 Å². The number of benzene rings is 2. The van der Waals surface area contributed by atoms with Crippen molar-refractivity contribution >= 4 is 35.1 Å². The molecular formula is C36H45ClN6O4. The van der Waals surface area contributed by atoms with E-state index >= 15 is 0 Å². The van der Waals surface area contributed by atoms with E-state index in [2.05, 4.69) is 23.8 Å². The van der Waals surface area contributed by atoms with Crippen molar-refractivity contribution in [1.29, 1.82) is 0 Å². The Hall–Kier alpha value is -3.89. The molecule has 2 aromatic carbocycles. The highest BCUT2D eigenvalue weighted by Gasteiger charge is 2.37. The van der Waals surface area contributed by atoms with Crippen LogP contribution in [0.4, 0.5) is 11.6 Å². The van der Waals surface area contributed by atoms with Crippen LogP contribution in [0, 0.1) is 5.92 Å². The van der Waals surface area contributed by atoms with Gasteiger partial charge >= 0.3 is 0 Å². The maximum absolute atomic E-state index is 13.9. The molecule has 2 atom stereocenters. The summed E-state index contributed by atoms with van der Waals surface area (Å²) in [7, 11) is 5.55. The molecule has 0 spiro atoms. The molecule has 3 heterocycles. The smallest absolute Gasteiger partial charge is 0.237 e. The molecule has 0 bridgehead atoms. The zero-order valence-electron chi connectivity index (χ0n) is 28.0. The molecule has 0 N–H and O–H groups in total. The average molecular weight is 661 g/mol. The van der Waals surface area contributed by atoms with Crippen LogP contribution in [-0.4, -0.2) is 84.7 Å². The summed E-state index contributed by atoms with van der Waals surface area (Å²) in [6, 6.07) is 11.5. The van der Waals surface area contributed by atoms with E-state index in [9.17, 15) is 9.59 Å². The Bertz CT molecular complexity index is 1580. The number of aromatic nitrogens is 2. The van der Waals surface area contributed by atoms with E-state index < -0.39 is 6.04 Å². The molecule has 250 valence electrons. The number of methoxy groups -OCH3 is 1. The summed E-state index contributed by atoms with van der Waals surface area (Å²) in [5.74, 6) is 3.20. The van der Waals surface area contributed by atoms with Crippen molar-refractivity contribution in [3.05, 3.63) is 70.5 Å². The van der Waals surface area contributed by atoms with Gasteiger partial charge in [-0.2, -0.15) is 0 Å². The van der Waals surface area contributed by atoms with E-state index in [1.165, 1.54) is 0 Å². The van der Waals surface area contributed by atoms with Crippen molar-refractivity contribution in [1.82, 2.24) is 19.8 Å². The zero-order valence-corrected chi connectivity index (χ0v) is 28.7. The Labute approximate surface area is 282 Å². The monoisotopic (exact) mass is 660 g/mol. The lowest BCUT2D eigenvalue weighted by atomic mass is 9.85. The van der Waals surface area contributed by atoms with E-state index in [4.69, 9.17) is 31.0 Å². The van der Waals surface area contributed by atoms with Crippen molar-refractivity contribution in [3.63, 3.8) is 0 Å². The average Bonchev–Trinajstić information content (AvgIpc) is 3.42. The highest BCUT2D eigenvalue weighted by molar-refractivity contribution is 6.30. The van der Waals surface area contributed by atoms with Crippen molar-refractivity contribution in [2.45, 2.75) is 70.6 Å². The van der Waals surface area contributed by atoms with E-state index in [0.29, 0.717) is 40.8 Å². The molecule has 2 amide bonds. The Morgan fingerprint density at radius 1 is 1.02 bits per heavy atom. The highest BCUT2D eigenvalue weighted by atomic mass is 35.5.